The molecule has 0 aliphatic carbocycles. The summed E-state index contributed by atoms with van der Waals surface area (Å²) in [6.07, 6.45) is 3.30. The zero-order valence-electron chi connectivity index (χ0n) is 11.0. The number of hydrogen-bond acceptors (Lipinski definition) is 4. The fourth-order valence-corrected chi connectivity index (χ4v) is 2.80. The van der Waals surface area contributed by atoms with Crippen LogP contribution in [0.5, 0.6) is 0 Å². The number of imidazole rings is 1. The summed E-state index contributed by atoms with van der Waals surface area (Å²) < 4.78 is 2.94. The van der Waals surface area contributed by atoms with Crippen LogP contribution in [0.4, 0.5) is 0 Å². The second kappa shape index (κ2) is 5.09. The van der Waals surface area contributed by atoms with E-state index in [-0.39, 0.29) is 18.3 Å². The zero-order chi connectivity index (χ0) is 14.1. The van der Waals surface area contributed by atoms with E-state index in [1.54, 1.807) is 16.8 Å². The number of pyridine rings is 1. The van der Waals surface area contributed by atoms with Gasteiger partial charge in [0.1, 0.15) is 6.54 Å². The van der Waals surface area contributed by atoms with Crippen molar-refractivity contribution < 1.29 is 9.90 Å². The Kier molecular flexibility index (Phi) is 3.27. The van der Waals surface area contributed by atoms with Crippen LogP contribution < -0.4 is 11.0 Å². The molecular formula is C13H16N4O3. The summed E-state index contributed by atoms with van der Waals surface area (Å²) >= 11 is 0. The lowest BCUT2D eigenvalue weighted by Crippen LogP contribution is -2.35. The van der Waals surface area contributed by atoms with Crippen LogP contribution in [0, 0.1) is 0 Å². The van der Waals surface area contributed by atoms with E-state index < -0.39 is 5.97 Å². The van der Waals surface area contributed by atoms with Crippen molar-refractivity contribution in [2.24, 2.45) is 0 Å². The zero-order valence-corrected chi connectivity index (χ0v) is 11.0. The third-order valence-electron chi connectivity index (χ3n) is 3.69. The first kappa shape index (κ1) is 12.9. The number of piperidine rings is 1. The van der Waals surface area contributed by atoms with Gasteiger partial charge < -0.3 is 10.4 Å². The Hall–Kier alpha value is -2.15. The van der Waals surface area contributed by atoms with Gasteiger partial charge in [0.25, 0.3) is 0 Å². The van der Waals surface area contributed by atoms with Crippen molar-refractivity contribution >= 4 is 17.1 Å². The van der Waals surface area contributed by atoms with Crippen molar-refractivity contribution in [2.75, 3.05) is 13.1 Å². The van der Waals surface area contributed by atoms with Crippen molar-refractivity contribution in [3.05, 3.63) is 28.8 Å². The predicted molar refractivity (Wildman–Crippen MR) is 72.8 cm³/mol. The number of carboxylic acids is 1. The molecule has 0 saturated carbocycles. The lowest BCUT2D eigenvalue weighted by molar-refractivity contribution is -0.137. The first-order chi connectivity index (χ1) is 9.68. The molecular weight excluding hydrogens is 260 g/mol. The fraction of sp³-hybridized carbons (Fsp3) is 0.462. The van der Waals surface area contributed by atoms with Crippen LogP contribution in [0.15, 0.2) is 23.1 Å². The molecule has 0 radical (unpaired) electrons. The van der Waals surface area contributed by atoms with Crippen LogP contribution in [-0.2, 0) is 11.3 Å². The summed E-state index contributed by atoms with van der Waals surface area (Å²) in [5.41, 5.74) is 0.872. The normalized spacial score (nSPS) is 16.6. The van der Waals surface area contributed by atoms with E-state index in [1.165, 1.54) is 4.57 Å². The molecule has 2 aromatic heterocycles. The summed E-state index contributed by atoms with van der Waals surface area (Å²) in [5.74, 6) is -1.04. The predicted octanol–water partition coefficient (Wildman–Crippen LogP) is 0.207. The maximum atomic E-state index is 12.5. The van der Waals surface area contributed by atoms with Crippen molar-refractivity contribution in [3.63, 3.8) is 0 Å². The van der Waals surface area contributed by atoms with Crippen LogP contribution in [0.2, 0.25) is 0 Å². The minimum atomic E-state index is -1.04. The average Bonchev–Trinajstić information content (AvgIpc) is 2.72. The van der Waals surface area contributed by atoms with Gasteiger partial charge in [-0.25, -0.2) is 9.78 Å². The molecule has 1 aliphatic heterocycles. The molecule has 0 spiro atoms. The third-order valence-corrected chi connectivity index (χ3v) is 3.69. The summed E-state index contributed by atoms with van der Waals surface area (Å²) in [7, 11) is 0. The quantitative estimate of drug-likeness (QED) is 0.836. The Morgan fingerprint density at radius 1 is 1.45 bits per heavy atom. The van der Waals surface area contributed by atoms with Crippen molar-refractivity contribution in [1.82, 2.24) is 19.4 Å². The van der Waals surface area contributed by atoms with Crippen molar-refractivity contribution in [3.8, 4) is 0 Å². The Balaban J connectivity index is 2.18. The maximum absolute atomic E-state index is 12.5. The van der Waals surface area contributed by atoms with E-state index in [0.29, 0.717) is 11.2 Å². The molecule has 1 fully saturated rings. The lowest BCUT2D eigenvalue weighted by atomic mass is 10.1. The van der Waals surface area contributed by atoms with Gasteiger partial charge in [0.15, 0.2) is 5.65 Å². The molecule has 1 saturated heterocycles. The van der Waals surface area contributed by atoms with Gasteiger partial charge in [0.05, 0.1) is 5.52 Å². The molecule has 7 nitrogen and oxygen atoms in total. The molecule has 2 N–H and O–H groups in total. The number of rotatable bonds is 3. The van der Waals surface area contributed by atoms with E-state index in [2.05, 4.69) is 10.3 Å². The molecule has 7 heteroatoms. The standard InChI is InChI=1S/C13H16N4O3/c18-11(19)8-16-12-10(2-1-5-15-12)17(13(16)20)9-3-6-14-7-4-9/h1-2,5,9,14H,3-4,6-8H2,(H,18,19). The second-order valence-electron chi connectivity index (χ2n) is 4.96. The molecule has 0 bridgehead atoms. The fourth-order valence-electron chi connectivity index (χ4n) is 2.80. The minimum absolute atomic E-state index is 0.102. The van der Waals surface area contributed by atoms with Gasteiger partial charge >= 0.3 is 11.7 Å². The van der Waals surface area contributed by atoms with Crippen LogP contribution in [0.3, 0.4) is 0 Å². The van der Waals surface area contributed by atoms with Gasteiger partial charge in [-0.2, -0.15) is 0 Å². The van der Waals surface area contributed by atoms with E-state index in [4.69, 9.17) is 5.11 Å². The number of carbonyl (C=O) groups is 1. The van der Waals surface area contributed by atoms with Crippen LogP contribution >= 0.6 is 0 Å². The van der Waals surface area contributed by atoms with E-state index in [9.17, 15) is 9.59 Å². The van der Waals surface area contributed by atoms with Gasteiger partial charge in [-0.3, -0.25) is 13.9 Å². The van der Waals surface area contributed by atoms with E-state index in [0.717, 1.165) is 25.9 Å². The largest absolute Gasteiger partial charge is 0.480 e. The lowest BCUT2D eigenvalue weighted by Gasteiger charge is -2.23. The second-order valence-corrected chi connectivity index (χ2v) is 4.96. The molecule has 1 aliphatic rings. The van der Waals surface area contributed by atoms with Crippen LogP contribution in [0.1, 0.15) is 18.9 Å². The number of aliphatic carboxylic acids is 1. The average molecular weight is 276 g/mol. The first-order valence-corrected chi connectivity index (χ1v) is 6.67. The molecule has 0 aromatic carbocycles. The van der Waals surface area contributed by atoms with Gasteiger partial charge in [-0.1, -0.05) is 0 Å². The molecule has 0 amide bonds. The highest BCUT2D eigenvalue weighted by molar-refractivity contribution is 5.74. The van der Waals surface area contributed by atoms with Gasteiger partial charge in [0.2, 0.25) is 0 Å². The minimum Gasteiger partial charge on any atom is -0.480 e. The third kappa shape index (κ3) is 2.09. The summed E-state index contributed by atoms with van der Waals surface area (Å²) in [6.45, 7) is 1.37. The number of fused-ring (bicyclic) bond motifs is 1. The maximum Gasteiger partial charge on any atom is 0.331 e. The Bertz CT molecular complexity index is 697. The van der Waals surface area contributed by atoms with Gasteiger partial charge in [-0.15, -0.1) is 0 Å². The topological polar surface area (TPSA) is 89.1 Å². The molecule has 0 unspecified atom stereocenters. The highest BCUT2D eigenvalue weighted by Crippen LogP contribution is 2.22. The summed E-state index contributed by atoms with van der Waals surface area (Å²) in [4.78, 5) is 27.6. The Morgan fingerprint density at radius 3 is 2.90 bits per heavy atom. The Morgan fingerprint density at radius 2 is 2.20 bits per heavy atom. The molecule has 3 rings (SSSR count). The van der Waals surface area contributed by atoms with Crippen molar-refractivity contribution in [1.29, 1.82) is 0 Å². The number of nitrogens with one attached hydrogen (secondary N) is 1. The van der Waals surface area contributed by atoms with E-state index >= 15 is 0 Å². The highest BCUT2D eigenvalue weighted by Gasteiger charge is 2.23. The number of aromatic nitrogens is 3. The smallest absolute Gasteiger partial charge is 0.331 e. The van der Waals surface area contributed by atoms with Gasteiger partial charge in [0, 0.05) is 12.2 Å². The molecule has 20 heavy (non-hydrogen) atoms. The SMILES string of the molecule is O=C(O)Cn1c(=O)n(C2CCNCC2)c2cccnc21. The highest BCUT2D eigenvalue weighted by atomic mass is 16.4. The van der Waals surface area contributed by atoms with Crippen molar-refractivity contribution in [2.45, 2.75) is 25.4 Å². The van der Waals surface area contributed by atoms with Crippen LogP contribution in [-0.4, -0.2) is 38.3 Å². The van der Waals surface area contributed by atoms with E-state index in [1.807, 2.05) is 6.07 Å². The number of nitrogens with zero attached hydrogens (tertiary/aromatic N) is 3. The first-order valence-electron chi connectivity index (χ1n) is 6.67. The number of hydrogen-bond donors (Lipinski definition) is 2. The molecule has 106 valence electrons. The monoisotopic (exact) mass is 276 g/mol. The summed E-state index contributed by atoms with van der Waals surface area (Å²) in [6, 6.07) is 3.69. The number of carboxylic acid groups (broad SMARTS) is 1. The molecule has 2 aromatic rings. The van der Waals surface area contributed by atoms with Crippen LogP contribution in [0.25, 0.3) is 11.2 Å². The molecule has 0 atom stereocenters. The van der Waals surface area contributed by atoms with Gasteiger partial charge in [-0.05, 0) is 38.1 Å². The Labute approximate surface area is 114 Å². The summed E-state index contributed by atoms with van der Waals surface area (Å²) in [5, 5.41) is 12.2. The molecule has 3 heterocycles.